The van der Waals surface area contributed by atoms with Gasteiger partial charge in [0.25, 0.3) is 5.56 Å². The van der Waals surface area contributed by atoms with E-state index < -0.39 is 5.41 Å². The number of hydrogen-bond donors (Lipinski definition) is 1. The van der Waals surface area contributed by atoms with E-state index in [-0.39, 0.29) is 5.56 Å². The van der Waals surface area contributed by atoms with Gasteiger partial charge in [-0.15, -0.1) is 10.2 Å². The van der Waals surface area contributed by atoms with Crippen LogP contribution >= 0.6 is 0 Å². The Morgan fingerprint density at radius 3 is 2.64 bits per heavy atom. The van der Waals surface area contributed by atoms with Gasteiger partial charge >= 0.3 is 0 Å². The quantitative estimate of drug-likeness (QED) is 0.655. The molecule has 0 aliphatic carbocycles. The van der Waals surface area contributed by atoms with E-state index in [1.54, 1.807) is 0 Å². The van der Waals surface area contributed by atoms with E-state index in [2.05, 4.69) is 15.6 Å². The van der Waals surface area contributed by atoms with Crippen LogP contribution in [-0.4, -0.2) is 21.3 Å². The Kier molecular flexibility index (Phi) is 2.64. The van der Waals surface area contributed by atoms with Crippen molar-refractivity contribution >= 4 is 6.41 Å². The normalized spacial score (nSPS) is 11.1. The first-order valence-electron chi connectivity index (χ1n) is 4.12. The second kappa shape index (κ2) is 3.57. The number of amides is 1. The van der Waals surface area contributed by atoms with Gasteiger partial charge in [0.15, 0.2) is 0 Å². The molecule has 6 heteroatoms. The molecule has 0 aliphatic rings. The summed E-state index contributed by atoms with van der Waals surface area (Å²) in [5, 5.41) is 7.38. The molecule has 76 valence electrons. The zero-order chi connectivity index (χ0) is 10.8. The predicted molar refractivity (Wildman–Crippen MR) is 50.4 cm³/mol. The molecule has 0 spiro atoms. The van der Waals surface area contributed by atoms with Gasteiger partial charge in [-0.05, 0) is 0 Å². The van der Waals surface area contributed by atoms with Gasteiger partial charge in [0.2, 0.25) is 6.41 Å². The van der Waals surface area contributed by atoms with Gasteiger partial charge in [0.1, 0.15) is 12.0 Å². The third-order valence-corrected chi connectivity index (χ3v) is 1.65. The first-order chi connectivity index (χ1) is 6.46. The summed E-state index contributed by atoms with van der Waals surface area (Å²) in [6.07, 6.45) is 1.57. The topological polar surface area (TPSA) is 76.9 Å². The largest absolute Gasteiger partial charge is 0.294 e. The lowest BCUT2D eigenvalue weighted by Gasteiger charge is -2.16. The van der Waals surface area contributed by atoms with Crippen LogP contribution in [0, 0.1) is 0 Å². The van der Waals surface area contributed by atoms with Gasteiger partial charge in [-0.3, -0.25) is 15.0 Å². The molecule has 1 aromatic heterocycles. The summed E-state index contributed by atoms with van der Waals surface area (Å²) in [5.74, 6) is 0. The smallest absolute Gasteiger partial charge is 0.277 e. The lowest BCUT2D eigenvalue weighted by atomic mass is 9.93. The van der Waals surface area contributed by atoms with Crippen LogP contribution in [0.15, 0.2) is 11.1 Å². The Balaban J connectivity index is 3.28. The van der Waals surface area contributed by atoms with E-state index in [4.69, 9.17) is 0 Å². The molecule has 0 atom stereocenters. The molecule has 0 bridgehead atoms. The summed E-state index contributed by atoms with van der Waals surface area (Å²) < 4.78 is 1.00. The summed E-state index contributed by atoms with van der Waals surface area (Å²) in [4.78, 5) is 21.8. The minimum absolute atomic E-state index is 0.314. The average Bonchev–Trinajstić information content (AvgIpc) is 2.07. The first kappa shape index (κ1) is 10.4. The fourth-order valence-electron chi connectivity index (χ4n) is 0.964. The molecule has 0 saturated heterocycles. The maximum Gasteiger partial charge on any atom is 0.294 e. The highest BCUT2D eigenvalue weighted by molar-refractivity contribution is 5.56. The number of hydrogen-bond acceptors (Lipinski definition) is 4. The summed E-state index contributed by atoms with van der Waals surface area (Å²) in [5.41, 5.74) is 1.77. The molecule has 0 aromatic carbocycles. The molecule has 1 N–H and O–H groups in total. The van der Waals surface area contributed by atoms with Crippen molar-refractivity contribution in [1.29, 1.82) is 0 Å². The summed E-state index contributed by atoms with van der Waals surface area (Å²) in [6, 6.07) is 0. The fourth-order valence-corrected chi connectivity index (χ4v) is 0.964. The van der Waals surface area contributed by atoms with Gasteiger partial charge in [-0.1, -0.05) is 20.8 Å². The average molecular weight is 196 g/mol. The van der Waals surface area contributed by atoms with E-state index in [1.165, 1.54) is 0 Å². The SMILES string of the molecule is CC(C)(C)c1nncn(NC=O)c1=O. The first-order valence-corrected chi connectivity index (χ1v) is 4.12. The van der Waals surface area contributed by atoms with Crippen molar-refractivity contribution in [2.75, 3.05) is 5.43 Å². The van der Waals surface area contributed by atoms with Crippen LogP contribution in [0.1, 0.15) is 26.5 Å². The van der Waals surface area contributed by atoms with E-state index in [0.29, 0.717) is 12.1 Å². The molecule has 0 aliphatic heterocycles. The van der Waals surface area contributed by atoms with E-state index in [0.717, 1.165) is 11.0 Å². The molecular formula is C8H12N4O2. The van der Waals surface area contributed by atoms with Gasteiger partial charge in [0.05, 0.1) is 0 Å². The number of nitrogens with zero attached hydrogens (tertiary/aromatic N) is 3. The summed E-state index contributed by atoms with van der Waals surface area (Å²) in [7, 11) is 0. The molecule has 1 aromatic rings. The monoisotopic (exact) mass is 196 g/mol. The molecule has 1 rings (SSSR count). The molecule has 0 radical (unpaired) electrons. The fraction of sp³-hybridized carbons (Fsp3) is 0.500. The Hall–Kier alpha value is -1.72. The third kappa shape index (κ3) is 1.95. The minimum atomic E-state index is -0.391. The molecule has 0 unspecified atom stereocenters. The van der Waals surface area contributed by atoms with Crippen molar-refractivity contribution in [2.45, 2.75) is 26.2 Å². The second-order valence-electron chi connectivity index (χ2n) is 3.85. The highest BCUT2D eigenvalue weighted by atomic mass is 16.2. The highest BCUT2D eigenvalue weighted by Gasteiger charge is 2.21. The van der Waals surface area contributed by atoms with Crippen LogP contribution in [0.3, 0.4) is 0 Å². The Bertz CT molecular complexity index is 391. The van der Waals surface area contributed by atoms with Crippen LogP contribution in [0.25, 0.3) is 0 Å². The number of carbonyl (C=O) groups is 1. The molecule has 6 nitrogen and oxygen atoms in total. The van der Waals surface area contributed by atoms with E-state index >= 15 is 0 Å². The van der Waals surface area contributed by atoms with Crippen molar-refractivity contribution < 1.29 is 4.79 Å². The van der Waals surface area contributed by atoms with Crippen molar-refractivity contribution in [3.63, 3.8) is 0 Å². The van der Waals surface area contributed by atoms with Gasteiger partial charge in [-0.25, -0.2) is 4.68 Å². The van der Waals surface area contributed by atoms with Crippen LogP contribution in [0.2, 0.25) is 0 Å². The highest BCUT2D eigenvalue weighted by Crippen LogP contribution is 2.14. The molecule has 0 fully saturated rings. The van der Waals surface area contributed by atoms with E-state index in [1.807, 2.05) is 20.8 Å². The van der Waals surface area contributed by atoms with E-state index in [9.17, 15) is 9.59 Å². The summed E-state index contributed by atoms with van der Waals surface area (Å²) in [6.45, 7) is 5.55. The zero-order valence-electron chi connectivity index (χ0n) is 8.31. The predicted octanol–water partition coefficient (Wildman–Crippen LogP) is -0.364. The van der Waals surface area contributed by atoms with Crippen molar-refractivity contribution in [1.82, 2.24) is 14.9 Å². The number of aromatic nitrogens is 3. The summed E-state index contributed by atoms with van der Waals surface area (Å²) >= 11 is 0. The zero-order valence-corrected chi connectivity index (χ0v) is 8.31. The molecular weight excluding hydrogens is 184 g/mol. The second-order valence-corrected chi connectivity index (χ2v) is 3.85. The van der Waals surface area contributed by atoms with Crippen molar-refractivity contribution in [3.8, 4) is 0 Å². The van der Waals surface area contributed by atoms with Gasteiger partial charge in [0, 0.05) is 5.41 Å². The van der Waals surface area contributed by atoms with Crippen LogP contribution in [0.5, 0.6) is 0 Å². The Morgan fingerprint density at radius 2 is 2.14 bits per heavy atom. The van der Waals surface area contributed by atoms with Crippen LogP contribution in [0.4, 0.5) is 0 Å². The molecule has 0 saturated carbocycles. The number of rotatable bonds is 2. The lowest BCUT2D eigenvalue weighted by molar-refractivity contribution is -0.106. The van der Waals surface area contributed by atoms with Crippen molar-refractivity contribution in [2.24, 2.45) is 0 Å². The molecule has 1 amide bonds. The Labute approximate surface area is 80.9 Å². The maximum atomic E-state index is 11.6. The maximum absolute atomic E-state index is 11.6. The van der Waals surface area contributed by atoms with Gasteiger partial charge < -0.3 is 0 Å². The minimum Gasteiger partial charge on any atom is -0.277 e. The third-order valence-electron chi connectivity index (χ3n) is 1.65. The van der Waals surface area contributed by atoms with Crippen molar-refractivity contribution in [3.05, 3.63) is 22.4 Å². The molecule has 14 heavy (non-hydrogen) atoms. The standard InChI is InChI=1S/C8H12N4O2/c1-8(2,3)6-7(14)12(10-5-13)4-9-11-6/h4-5H,1-3H3,(H,10,13). The lowest BCUT2D eigenvalue weighted by Crippen LogP contribution is -2.36. The Morgan fingerprint density at radius 1 is 1.50 bits per heavy atom. The van der Waals surface area contributed by atoms with Crippen LogP contribution < -0.4 is 11.0 Å². The van der Waals surface area contributed by atoms with Gasteiger partial charge in [-0.2, -0.15) is 0 Å². The number of carbonyl (C=O) groups excluding carboxylic acids is 1. The molecule has 1 heterocycles. The van der Waals surface area contributed by atoms with Crippen LogP contribution in [-0.2, 0) is 10.2 Å². The number of nitrogens with one attached hydrogen (secondary N) is 1.